The lowest BCUT2D eigenvalue weighted by molar-refractivity contribution is 0.0972. The van der Waals surface area contributed by atoms with Gasteiger partial charge in [-0.2, -0.15) is 34.3 Å². The van der Waals surface area contributed by atoms with Crippen LogP contribution < -0.4 is 46.4 Å². The van der Waals surface area contributed by atoms with Crippen LogP contribution in [0.1, 0.15) is 41.5 Å². The van der Waals surface area contributed by atoms with Crippen LogP contribution in [0.25, 0.3) is 66.9 Å². The maximum atomic E-state index is 13.7. The van der Waals surface area contributed by atoms with Gasteiger partial charge in [-0.1, -0.05) is 0 Å². The molecule has 0 saturated carbocycles. The number of nitrogens with two attached hydrogens (primary N) is 2. The summed E-state index contributed by atoms with van der Waals surface area (Å²) in [6.07, 6.45) is 4.84. The average Bonchev–Trinajstić information content (AvgIpc) is 0.792. The van der Waals surface area contributed by atoms with Gasteiger partial charge in [0.2, 0.25) is 23.8 Å². The van der Waals surface area contributed by atoms with Crippen molar-refractivity contribution in [2.75, 3.05) is 159 Å². The van der Waals surface area contributed by atoms with E-state index in [0.717, 1.165) is 95.4 Å². The number of hydrazine groups is 1. The molecule has 0 amide bonds. The minimum absolute atomic E-state index is 0.165. The van der Waals surface area contributed by atoms with Crippen LogP contribution in [0.3, 0.4) is 0 Å². The molecule has 5 N–H and O–H groups in total. The van der Waals surface area contributed by atoms with Crippen molar-refractivity contribution in [2.45, 2.75) is 77.8 Å². The number of morpholine rings is 6. The predicted molar refractivity (Wildman–Crippen MR) is 360 cm³/mol. The number of halogens is 1. The summed E-state index contributed by atoms with van der Waals surface area (Å²) in [6.45, 7) is 25.3. The van der Waals surface area contributed by atoms with Crippen LogP contribution in [0.2, 0.25) is 0 Å². The van der Waals surface area contributed by atoms with Crippen molar-refractivity contribution >= 4 is 80.0 Å². The zero-order valence-electron chi connectivity index (χ0n) is 53.9. The zero-order chi connectivity index (χ0) is 64.8. The highest BCUT2D eigenvalue weighted by Crippen LogP contribution is 2.36. The van der Waals surface area contributed by atoms with E-state index in [2.05, 4.69) is 103 Å². The Bertz CT molecular complexity index is 3950. The molecule has 0 aliphatic carbocycles. The van der Waals surface area contributed by atoms with Crippen molar-refractivity contribution in [3.63, 3.8) is 0 Å². The summed E-state index contributed by atoms with van der Waals surface area (Å²) < 4.78 is 47.4. The molecule has 28 heteroatoms. The highest BCUT2D eigenvalue weighted by Gasteiger charge is 2.32. The van der Waals surface area contributed by atoms with Crippen molar-refractivity contribution in [2.24, 2.45) is 5.84 Å². The van der Waals surface area contributed by atoms with Crippen molar-refractivity contribution in [3.05, 3.63) is 97.3 Å². The summed E-state index contributed by atoms with van der Waals surface area (Å²) in [5.41, 5.74) is 15.1. The van der Waals surface area contributed by atoms with Crippen molar-refractivity contribution in [1.82, 2.24) is 59.8 Å². The molecule has 0 bridgehead atoms. The van der Waals surface area contributed by atoms with Crippen molar-refractivity contribution < 1.29 is 32.8 Å². The van der Waals surface area contributed by atoms with E-state index in [9.17, 15) is 4.39 Å². The predicted octanol–water partition coefficient (Wildman–Crippen LogP) is 6.62. The van der Waals surface area contributed by atoms with E-state index in [1.807, 2.05) is 48.5 Å². The van der Waals surface area contributed by atoms with Gasteiger partial charge in [0.25, 0.3) is 0 Å². The molecule has 492 valence electrons. The number of nitrogen functional groups attached to an aromatic ring is 2. The number of hydrogen-bond acceptors (Lipinski definition) is 27. The largest absolute Gasteiger partial charge is 0.384 e. The number of nitrogens with one attached hydrogen (secondary N) is 1. The first-order chi connectivity index (χ1) is 45.8. The van der Waals surface area contributed by atoms with Gasteiger partial charge < -0.3 is 69.0 Å². The number of aromatic nitrogens is 12. The minimum atomic E-state index is -0.534. The Kier molecular flexibility index (Phi) is 19.4. The molecule has 0 unspecified atom stereocenters. The Hall–Kier alpha value is -9.03. The van der Waals surface area contributed by atoms with Crippen LogP contribution in [0.15, 0.2) is 91.4 Å². The number of rotatable bonds is 10. The molecule has 94 heavy (non-hydrogen) atoms. The molecule has 15 heterocycles. The van der Waals surface area contributed by atoms with Gasteiger partial charge in [0, 0.05) is 80.6 Å². The monoisotopic (exact) mass is 1280 g/mol. The highest BCUT2D eigenvalue weighted by molar-refractivity contribution is 5.92. The number of nitrogens with zero attached hydrogens (tertiary/aromatic N) is 18. The highest BCUT2D eigenvalue weighted by atomic mass is 19.1. The van der Waals surface area contributed by atoms with E-state index in [4.69, 9.17) is 84.9 Å². The molecule has 9 aromatic rings. The average molecular weight is 1280 g/mol. The second-order valence-electron chi connectivity index (χ2n) is 24.4. The summed E-state index contributed by atoms with van der Waals surface area (Å²) >= 11 is 0. The second kappa shape index (κ2) is 28.7. The molecular formula is C66H80FN21O6. The molecule has 6 fully saturated rings. The second-order valence-corrected chi connectivity index (χ2v) is 24.4. The van der Waals surface area contributed by atoms with Gasteiger partial charge in [0.15, 0.2) is 16.9 Å². The summed E-state index contributed by atoms with van der Waals surface area (Å²) in [5.74, 6) is 10.7. The number of fused-ring (bicyclic) bond motifs is 3. The summed E-state index contributed by atoms with van der Waals surface area (Å²) in [4.78, 5) is 69.6. The van der Waals surface area contributed by atoms with Crippen LogP contribution in [-0.2, 0) is 28.4 Å². The lowest BCUT2D eigenvalue weighted by Crippen LogP contribution is -2.46. The van der Waals surface area contributed by atoms with E-state index >= 15 is 0 Å². The van der Waals surface area contributed by atoms with Crippen LogP contribution in [0, 0.1) is 5.95 Å². The van der Waals surface area contributed by atoms with E-state index in [1.165, 1.54) is 12.3 Å². The molecule has 15 rings (SSSR count). The van der Waals surface area contributed by atoms with Crippen molar-refractivity contribution in [1.29, 1.82) is 0 Å². The molecule has 0 aromatic carbocycles. The van der Waals surface area contributed by atoms with Crippen LogP contribution in [0.4, 0.5) is 51.3 Å². The first kappa shape index (κ1) is 63.7. The lowest BCUT2D eigenvalue weighted by atomic mass is 10.1. The fourth-order valence-electron chi connectivity index (χ4n) is 12.5. The maximum Gasteiger partial charge on any atom is 0.229 e. The Morgan fingerprint density at radius 3 is 1.03 bits per heavy atom. The van der Waals surface area contributed by atoms with Gasteiger partial charge in [-0.15, -0.1) is 0 Å². The third-order valence-corrected chi connectivity index (χ3v) is 17.7. The zero-order valence-corrected chi connectivity index (χ0v) is 53.9. The van der Waals surface area contributed by atoms with Crippen LogP contribution >= 0.6 is 0 Å². The quantitative estimate of drug-likeness (QED) is 0.0736. The first-order valence-corrected chi connectivity index (χ1v) is 32.2. The van der Waals surface area contributed by atoms with E-state index in [0.29, 0.717) is 137 Å². The molecule has 9 aromatic heterocycles. The maximum absolute atomic E-state index is 13.7. The number of pyridine rings is 6. The number of hydrogen-bond donors (Lipinski definition) is 3. The van der Waals surface area contributed by atoms with Crippen molar-refractivity contribution in [3.8, 4) is 33.8 Å². The topological polar surface area (TPSA) is 294 Å². The molecule has 6 saturated heterocycles. The lowest BCUT2D eigenvalue weighted by Gasteiger charge is -2.37. The Labute approximate surface area is 544 Å². The van der Waals surface area contributed by atoms with Gasteiger partial charge in [-0.05, 0) is 108 Å². The first-order valence-electron chi connectivity index (χ1n) is 32.2. The molecule has 6 atom stereocenters. The molecule has 0 radical (unpaired) electrons. The summed E-state index contributed by atoms with van der Waals surface area (Å²) in [6, 6.07) is 23.8. The molecule has 6 aliphatic heterocycles. The van der Waals surface area contributed by atoms with E-state index in [1.54, 1.807) is 18.5 Å². The van der Waals surface area contributed by atoms with Gasteiger partial charge in [-0.3, -0.25) is 0 Å². The van der Waals surface area contributed by atoms with E-state index in [-0.39, 0.29) is 36.3 Å². The fraction of sp³-hybridized carbons (Fsp3) is 0.455. The van der Waals surface area contributed by atoms with Gasteiger partial charge in [-0.25, -0.2) is 35.7 Å². The molecule has 0 spiro atoms. The number of ether oxygens (including phenoxy) is 6. The van der Waals surface area contributed by atoms with Gasteiger partial charge in [0.1, 0.15) is 29.1 Å². The fourth-order valence-corrected chi connectivity index (χ4v) is 12.5. The molecular weight excluding hydrogens is 1200 g/mol. The summed E-state index contributed by atoms with van der Waals surface area (Å²) in [7, 11) is 0. The minimum Gasteiger partial charge on any atom is -0.384 e. The third-order valence-electron chi connectivity index (χ3n) is 17.7. The Balaban J connectivity index is 0.000000128. The van der Waals surface area contributed by atoms with Gasteiger partial charge >= 0.3 is 0 Å². The van der Waals surface area contributed by atoms with E-state index < -0.39 is 5.95 Å². The molecule has 6 aliphatic rings. The van der Waals surface area contributed by atoms with Gasteiger partial charge in [0.05, 0.1) is 149 Å². The molecule has 27 nitrogen and oxygen atoms in total. The SMILES string of the molecule is C[C@H]1COCCN1c1nc(N2CCOC[C@@H]2C)c2ccc(-c3ccnc(F)c3)nc2n1.C[C@H]1COCCN1c1nc(N2CCOC[C@@H]2C)c2ccc(-c3ccnc(N)c3)nc2n1.C[C@H]1COCCN1c1nc(N2CCOC[C@@H]2C)c2ccc(-c3ccnc(NN)c3)nc2n1. The Morgan fingerprint density at radius 1 is 0.383 bits per heavy atom. The van der Waals surface area contributed by atoms with Crippen LogP contribution in [-0.4, -0.2) is 215 Å². The third kappa shape index (κ3) is 13.9. The number of anilines is 8. The summed E-state index contributed by atoms with van der Waals surface area (Å²) in [5, 5.41) is 2.74. The standard InChI is InChI=1S/C22H25FN6O2.C22H28N8O2.C22H27N7O2/c1-14-12-30-9-7-28(14)21-17-3-4-18(16-5-6-24-19(23)11-16)25-20(17)26-22(27-21)29-8-10-31-13-15(29)2;1-14-12-31-9-7-29(14)21-17-3-4-18(16-5-6-24-19(11-16)28-23)25-20(17)26-22(27-21)30-8-10-32-13-15(30)2;1-14-12-30-9-7-28(14)21-17-3-4-18(16-5-6-24-19(23)11-16)25-20(17)26-22(27-21)29-8-10-31-13-15(29)2/h3-6,11,14-15H,7-10,12-13H2,1-2H3;3-6,11,14-15H,7-10,12-13,23H2,1-2H3,(H,24,28);3-6,11,14-15H,7-10,12-13H2,1-2H3,(H2,23,24)/t3*14-,15-/m000/s1. The normalized spacial score (nSPS) is 22.0. The smallest absolute Gasteiger partial charge is 0.229 e. The van der Waals surface area contributed by atoms with Crippen LogP contribution in [0.5, 0.6) is 0 Å². The Morgan fingerprint density at radius 2 is 0.702 bits per heavy atom.